The number of rotatable bonds is 4. The largest absolute Gasteiger partial charge is 0.464 e. The van der Waals surface area contributed by atoms with Crippen LogP contribution >= 0.6 is 0 Å². The van der Waals surface area contributed by atoms with E-state index in [4.69, 9.17) is 0 Å². The second kappa shape index (κ2) is 5.26. The first-order valence-electron chi connectivity index (χ1n) is 5.32. The Balaban J connectivity index is 2.47. The van der Waals surface area contributed by atoms with Crippen molar-refractivity contribution >= 4 is 17.9 Å². The van der Waals surface area contributed by atoms with Crippen molar-refractivity contribution in [3.8, 4) is 5.69 Å². The molecule has 0 aliphatic heterocycles. The van der Waals surface area contributed by atoms with Crippen molar-refractivity contribution in [2.24, 2.45) is 0 Å². The molecule has 0 radical (unpaired) electrons. The summed E-state index contributed by atoms with van der Waals surface area (Å²) in [5, 5.41) is 17.8. The van der Waals surface area contributed by atoms with Gasteiger partial charge in [-0.05, 0) is 12.1 Å². The quantitative estimate of drug-likeness (QED) is 0.350. The van der Waals surface area contributed by atoms with Gasteiger partial charge in [-0.3, -0.25) is 14.9 Å². The lowest BCUT2D eigenvalue weighted by Crippen LogP contribution is -2.08. The molecule has 0 aliphatic rings. The van der Waals surface area contributed by atoms with E-state index in [-0.39, 0.29) is 17.1 Å². The fourth-order valence-corrected chi connectivity index (χ4v) is 1.54. The molecule has 1 aromatic carbocycles. The standard InChI is InChI=1S/C11H8N4O5/c1-20-11(17)10-9(6-16)14(13-12-10)7-2-4-8(5-3-7)15(18)19/h2-6H,1H3. The van der Waals surface area contributed by atoms with Gasteiger partial charge in [-0.2, -0.15) is 0 Å². The van der Waals surface area contributed by atoms with Crippen LogP contribution in [-0.2, 0) is 4.74 Å². The molecule has 9 nitrogen and oxygen atoms in total. The van der Waals surface area contributed by atoms with Crippen LogP contribution in [0.1, 0.15) is 21.0 Å². The van der Waals surface area contributed by atoms with Crippen LogP contribution in [0.2, 0.25) is 0 Å². The summed E-state index contributed by atoms with van der Waals surface area (Å²) >= 11 is 0. The van der Waals surface area contributed by atoms with E-state index in [1.165, 1.54) is 24.3 Å². The third kappa shape index (κ3) is 2.23. The maximum Gasteiger partial charge on any atom is 0.361 e. The molecule has 0 bridgehead atoms. The van der Waals surface area contributed by atoms with Gasteiger partial charge >= 0.3 is 5.97 Å². The van der Waals surface area contributed by atoms with E-state index in [9.17, 15) is 19.7 Å². The number of esters is 1. The molecule has 20 heavy (non-hydrogen) atoms. The monoisotopic (exact) mass is 276 g/mol. The summed E-state index contributed by atoms with van der Waals surface area (Å²) < 4.78 is 5.58. The highest BCUT2D eigenvalue weighted by atomic mass is 16.6. The van der Waals surface area contributed by atoms with Gasteiger partial charge in [0.25, 0.3) is 5.69 Å². The number of methoxy groups -OCH3 is 1. The van der Waals surface area contributed by atoms with Crippen molar-refractivity contribution < 1.29 is 19.2 Å². The fourth-order valence-electron chi connectivity index (χ4n) is 1.54. The Labute approximate surface area is 111 Å². The number of carbonyl (C=O) groups excluding carboxylic acids is 2. The van der Waals surface area contributed by atoms with E-state index in [0.717, 1.165) is 11.8 Å². The first kappa shape index (κ1) is 13.3. The second-order valence-corrected chi connectivity index (χ2v) is 3.62. The summed E-state index contributed by atoms with van der Waals surface area (Å²) in [6, 6.07) is 5.29. The highest BCUT2D eigenvalue weighted by Crippen LogP contribution is 2.16. The van der Waals surface area contributed by atoms with Crippen LogP contribution in [0.3, 0.4) is 0 Å². The zero-order valence-corrected chi connectivity index (χ0v) is 10.2. The Bertz CT molecular complexity index is 677. The van der Waals surface area contributed by atoms with Gasteiger partial charge < -0.3 is 4.74 Å². The third-order valence-electron chi connectivity index (χ3n) is 2.50. The number of nitro groups is 1. The van der Waals surface area contributed by atoms with E-state index in [0.29, 0.717) is 12.0 Å². The summed E-state index contributed by atoms with van der Waals surface area (Å²) in [4.78, 5) is 32.5. The number of hydrogen-bond donors (Lipinski definition) is 0. The van der Waals surface area contributed by atoms with E-state index >= 15 is 0 Å². The number of benzene rings is 1. The van der Waals surface area contributed by atoms with Crippen molar-refractivity contribution in [2.75, 3.05) is 7.11 Å². The second-order valence-electron chi connectivity index (χ2n) is 3.62. The van der Waals surface area contributed by atoms with Gasteiger partial charge in [-0.15, -0.1) is 5.10 Å². The van der Waals surface area contributed by atoms with Gasteiger partial charge in [0, 0.05) is 12.1 Å². The smallest absolute Gasteiger partial charge is 0.361 e. The number of aldehydes is 1. The summed E-state index contributed by atoms with van der Waals surface area (Å²) in [6.07, 6.45) is 0.410. The molecule has 0 saturated heterocycles. The Morgan fingerprint density at radius 3 is 2.55 bits per heavy atom. The molecule has 0 unspecified atom stereocenters. The highest BCUT2D eigenvalue weighted by molar-refractivity contribution is 5.95. The summed E-state index contributed by atoms with van der Waals surface area (Å²) in [5.74, 6) is -0.791. The van der Waals surface area contributed by atoms with E-state index in [1.807, 2.05) is 0 Å². The Hall–Kier alpha value is -3.10. The Kier molecular flexibility index (Phi) is 3.51. The summed E-state index contributed by atoms with van der Waals surface area (Å²) in [5.41, 5.74) is -0.0541. The topological polar surface area (TPSA) is 117 Å². The molecule has 0 saturated carbocycles. The van der Waals surface area contributed by atoms with E-state index in [2.05, 4.69) is 15.0 Å². The van der Waals surface area contributed by atoms with Crippen molar-refractivity contribution in [2.45, 2.75) is 0 Å². The molecular weight excluding hydrogens is 268 g/mol. The van der Waals surface area contributed by atoms with Gasteiger partial charge in [0.1, 0.15) is 5.69 Å². The minimum atomic E-state index is -0.791. The van der Waals surface area contributed by atoms with Crippen LogP contribution in [0.5, 0.6) is 0 Å². The molecule has 0 spiro atoms. The van der Waals surface area contributed by atoms with Crippen LogP contribution in [0.4, 0.5) is 5.69 Å². The van der Waals surface area contributed by atoms with Crippen molar-refractivity contribution in [3.63, 3.8) is 0 Å². The molecule has 102 valence electrons. The Morgan fingerprint density at radius 1 is 1.40 bits per heavy atom. The van der Waals surface area contributed by atoms with Crippen molar-refractivity contribution in [3.05, 3.63) is 45.8 Å². The molecule has 2 aromatic rings. The Morgan fingerprint density at radius 2 is 2.05 bits per heavy atom. The minimum absolute atomic E-state index is 0.0919. The lowest BCUT2D eigenvalue weighted by atomic mass is 10.2. The maximum absolute atomic E-state index is 11.4. The lowest BCUT2D eigenvalue weighted by Gasteiger charge is -2.02. The first-order valence-corrected chi connectivity index (χ1v) is 5.32. The number of hydrogen-bond acceptors (Lipinski definition) is 7. The van der Waals surface area contributed by atoms with Crippen molar-refractivity contribution in [1.82, 2.24) is 15.0 Å². The van der Waals surface area contributed by atoms with E-state index in [1.54, 1.807) is 0 Å². The van der Waals surface area contributed by atoms with Crippen molar-refractivity contribution in [1.29, 1.82) is 0 Å². The van der Waals surface area contributed by atoms with Crippen LogP contribution in [0.25, 0.3) is 5.69 Å². The number of nitrogens with zero attached hydrogens (tertiary/aromatic N) is 4. The molecule has 0 N–H and O–H groups in total. The number of carbonyl (C=O) groups is 2. The van der Waals surface area contributed by atoms with Crippen LogP contribution < -0.4 is 0 Å². The zero-order valence-electron chi connectivity index (χ0n) is 10.2. The van der Waals surface area contributed by atoms with Gasteiger partial charge in [-0.1, -0.05) is 5.21 Å². The molecule has 0 fully saturated rings. The van der Waals surface area contributed by atoms with E-state index < -0.39 is 10.9 Å². The molecule has 0 aliphatic carbocycles. The number of ether oxygens (including phenoxy) is 1. The van der Waals surface area contributed by atoms with Crippen LogP contribution in [0.15, 0.2) is 24.3 Å². The number of aromatic nitrogens is 3. The first-order chi connectivity index (χ1) is 9.58. The summed E-state index contributed by atoms with van der Waals surface area (Å²) in [6.45, 7) is 0. The minimum Gasteiger partial charge on any atom is -0.464 e. The fraction of sp³-hybridized carbons (Fsp3) is 0.0909. The molecule has 1 aromatic heterocycles. The average Bonchev–Trinajstić information content (AvgIpc) is 2.90. The lowest BCUT2D eigenvalue weighted by molar-refractivity contribution is -0.384. The van der Waals surface area contributed by atoms with Gasteiger partial charge in [0.15, 0.2) is 6.29 Å². The van der Waals surface area contributed by atoms with Gasteiger partial charge in [-0.25, -0.2) is 9.48 Å². The summed E-state index contributed by atoms with van der Waals surface area (Å²) in [7, 11) is 1.15. The molecule has 0 atom stereocenters. The highest BCUT2D eigenvalue weighted by Gasteiger charge is 2.21. The van der Waals surface area contributed by atoms with Gasteiger partial charge in [0.2, 0.25) is 5.69 Å². The maximum atomic E-state index is 11.4. The average molecular weight is 276 g/mol. The van der Waals surface area contributed by atoms with Crippen LogP contribution in [-0.4, -0.2) is 39.3 Å². The molecular formula is C11H8N4O5. The normalized spacial score (nSPS) is 10.1. The SMILES string of the molecule is COC(=O)c1nnn(-c2ccc([N+](=O)[O-])cc2)c1C=O. The predicted octanol–water partition coefficient (Wildman–Crippen LogP) is 0.775. The van der Waals surface area contributed by atoms with Gasteiger partial charge in [0.05, 0.1) is 17.7 Å². The predicted molar refractivity (Wildman–Crippen MR) is 64.7 cm³/mol. The molecule has 2 rings (SSSR count). The number of nitro benzene ring substituents is 1. The number of non-ortho nitro benzene ring substituents is 1. The third-order valence-corrected chi connectivity index (χ3v) is 2.50. The molecule has 0 amide bonds. The molecule has 1 heterocycles. The van der Waals surface area contributed by atoms with Crippen LogP contribution in [0, 0.1) is 10.1 Å². The molecule has 9 heteroatoms. The zero-order chi connectivity index (χ0) is 14.7.